The maximum atomic E-state index is 11.5. The number of anilines is 1. The van der Waals surface area contributed by atoms with E-state index in [4.69, 9.17) is 0 Å². The second-order valence-corrected chi connectivity index (χ2v) is 5.51. The lowest BCUT2D eigenvalue weighted by atomic mass is 10.0. The summed E-state index contributed by atoms with van der Waals surface area (Å²) in [6, 6.07) is 11.6. The van der Waals surface area contributed by atoms with Crippen molar-refractivity contribution in [1.82, 2.24) is 4.98 Å². The fourth-order valence-corrected chi connectivity index (χ4v) is 2.83. The van der Waals surface area contributed by atoms with E-state index in [1.807, 2.05) is 41.8 Å². The van der Waals surface area contributed by atoms with Crippen LogP contribution in [0.3, 0.4) is 0 Å². The van der Waals surface area contributed by atoms with Crippen LogP contribution in [0.2, 0.25) is 0 Å². The summed E-state index contributed by atoms with van der Waals surface area (Å²) in [7, 11) is 0. The molecule has 0 aliphatic rings. The van der Waals surface area contributed by atoms with Gasteiger partial charge in [0.15, 0.2) is 11.3 Å². The Kier molecular flexibility index (Phi) is 3.80. The molecule has 3 aromatic rings. The number of rotatable bonds is 4. The number of thiazole rings is 1. The number of hydrogen-bond acceptors (Lipinski definition) is 4. The topological polar surface area (TPSA) is 59.1 Å². The molecule has 0 radical (unpaired) electrons. The van der Waals surface area contributed by atoms with Crippen LogP contribution in [0.1, 0.15) is 9.80 Å². The van der Waals surface area contributed by atoms with Crippen molar-refractivity contribution in [1.29, 1.82) is 0 Å². The Morgan fingerprint density at radius 1 is 1.27 bits per heavy atom. The largest absolute Gasteiger partial charge is 0.322 e. The lowest BCUT2D eigenvalue weighted by Crippen LogP contribution is -2.07. The van der Waals surface area contributed by atoms with E-state index in [0.717, 1.165) is 34.0 Å². The summed E-state index contributed by atoms with van der Waals surface area (Å²) in [4.78, 5) is 26.6. The van der Waals surface area contributed by atoms with E-state index < -0.39 is 0 Å². The van der Waals surface area contributed by atoms with E-state index in [1.165, 1.54) is 17.4 Å². The fraction of sp³-hybridized carbons (Fsp3) is 0. The van der Waals surface area contributed by atoms with E-state index >= 15 is 0 Å². The zero-order chi connectivity index (χ0) is 15.5. The Labute approximate surface area is 131 Å². The molecule has 0 aliphatic carbocycles. The Balaban J connectivity index is 2.10. The Hall–Kier alpha value is -2.79. The van der Waals surface area contributed by atoms with Crippen molar-refractivity contribution in [3.63, 3.8) is 0 Å². The number of benzene rings is 2. The molecule has 2 aromatic carbocycles. The van der Waals surface area contributed by atoms with Crippen molar-refractivity contribution in [3.05, 3.63) is 59.4 Å². The van der Waals surface area contributed by atoms with Crippen LogP contribution in [-0.4, -0.2) is 17.2 Å². The molecule has 108 valence electrons. The molecule has 3 rings (SSSR count). The quantitative estimate of drug-likeness (QED) is 0.587. The third kappa shape index (κ3) is 2.66. The highest BCUT2D eigenvalue weighted by atomic mass is 32.1. The molecule has 0 atom stereocenters. The maximum absolute atomic E-state index is 11.5. The minimum Gasteiger partial charge on any atom is -0.322 e. The van der Waals surface area contributed by atoms with Crippen LogP contribution >= 0.6 is 11.3 Å². The van der Waals surface area contributed by atoms with Crippen LogP contribution in [0.25, 0.3) is 22.0 Å². The zero-order valence-corrected chi connectivity index (χ0v) is 12.4. The third-order valence-electron chi connectivity index (χ3n) is 3.24. The fourth-order valence-electron chi connectivity index (χ4n) is 2.20. The molecule has 1 amide bonds. The summed E-state index contributed by atoms with van der Waals surface area (Å²) in [5, 5.41) is 7.01. The SMILES string of the molecule is C=CC(=O)Nc1cccc2ccc(-c3csc(C=O)n3)cc12. The van der Waals surface area contributed by atoms with Gasteiger partial charge in [-0.05, 0) is 23.6 Å². The van der Waals surface area contributed by atoms with Crippen LogP contribution in [-0.2, 0) is 4.79 Å². The molecule has 0 saturated carbocycles. The summed E-state index contributed by atoms with van der Waals surface area (Å²) in [5.74, 6) is -0.255. The molecule has 22 heavy (non-hydrogen) atoms. The molecule has 0 bridgehead atoms. The van der Waals surface area contributed by atoms with Gasteiger partial charge in [0.25, 0.3) is 0 Å². The predicted octanol–water partition coefficient (Wildman–Crippen LogP) is 3.90. The maximum Gasteiger partial charge on any atom is 0.247 e. The first-order valence-electron chi connectivity index (χ1n) is 6.58. The van der Waals surface area contributed by atoms with Crippen LogP contribution < -0.4 is 5.32 Å². The average molecular weight is 308 g/mol. The van der Waals surface area contributed by atoms with Gasteiger partial charge in [0, 0.05) is 22.0 Å². The molecule has 0 saturated heterocycles. The zero-order valence-electron chi connectivity index (χ0n) is 11.6. The van der Waals surface area contributed by atoms with Gasteiger partial charge in [-0.2, -0.15) is 0 Å². The van der Waals surface area contributed by atoms with Gasteiger partial charge in [-0.15, -0.1) is 11.3 Å². The summed E-state index contributed by atoms with van der Waals surface area (Å²) < 4.78 is 0. The highest BCUT2D eigenvalue weighted by Gasteiger charge is 2.08. The summed E-state index contributed by atoms with van der Waals surface area (Å²) in [6.07, 6.45) is 1.98. The lowest BCUT2D eigenvalue weighted by molar-refractivity contribution is -0.111. The van der Waals surface area contributed by atoms with Gasteiger partial charge in [0.2, 0.25) is 5.91 Å². The monoisotopic (exact) mass is 308 g/mol. The summed E-state index contributed by atoms with van der Waals surface area (Å²) >= 11 is 1.31. The van der Waals surface area contributed by atoms with Crippen LogP contribution in [0.4, 0.5) is 5.69 Å². The number of nitrogens with one attached hydrogen (secondary N) is 1. The highest BCUT2D eigenvalue weighted by Crippen LogP contribution is 2.29. The minimum absolute atomic E-state index is 0.255. The number of hydrogen-bond donors (Lipinski definition) is 1. The second-order valence-electron chi connectivity index (χ2n) is 4.62. The number of nitrogens with zero attached hydrogens (tertiary/aromatic N) is 1. The number of amides is 1. The first-order valence-corrected chi connectivity index (χ1v) is 7.46. The lowest BCUT2D eigenvalue weighted by Gasteiger charge is -2.08. The molecular weight excluding hydrogens is 296 g/mol. The highest BCUT2D eigenvalue weighted by molar-refractivity contribution is 7.11. The first-order chi connectivity index (χ1) is 10.7. The third-order valence-corrected chi connectivity index (χ3v) is 4.01. The molecule has 1 heterocycles. The average Bonchev–Trinajstić information content (AvgIpc) is 3.03. The van der Waals surface area contributed by atoms with E-state index in [-0.39, 0.29) is 5.91 Å². The van der Waals surface area contributed by atoms with Gasteiger partial charge < -0.3 is 5.32 Å². The number of carbonyl (C=O) groups excluding carboxylic acids is 2. The summed E-state index contributed by atoms with van der Waals surface area (Å²) in [6.45, 7) is 3.46. The van der Waals surface area contributed by atoms with Crippen LogP contribution in [0.15, 0.2) is 54.4 Å². The van der Waals surface area contributed by atoms with Gasteiger partial charge >= 0.3 is 0 Å². The smallest absolute Gasteiger partial charge is 0.247 e. The van der Waals surface area contributed by atoms with E-state index in [9.17, 15) is 9.59 Å². The van der Waals surface area contributed by atoms with Crippen molar-refractivity contribution in [2.75, 3.05) is 5.32 Å². The number of aromatic nitrogens is 1. The first kappa shape index (κ1) is 14.2. The van der Waals surface area contributed by atoms with Crippen molar-refractivity contribution in [3.8, 4) is 11.3 Å². The molecule has 0 unspecified atom stereocenters. The van der Waals surface area contributed by atoms with Crippen molar-refractivity contribution in [2.45, 2.75) is 0 Å². The van der Waals surface area contributed by atoms with Crippen molar-refractivity contribution >= 4 is 40.0 Å². The molecular formula is C17H12N2O2S. The molecule has 0 aliphatic heterocycles. The van der Waals surface area contributed by atoms with Gasteiger partial charge in [-0.3, -0.25) is 9.59 Å². The second kappa shape index (κ2) is 5.91. The minimum atomic E-state index is -0.255. The molecule has 0 fully saturated rings. The van der Waals surface area contributed by atoms with Gasteiger partial charge in [-0.1, -0.05) is 30.8 Å². The van der Waals surface area contributed by atoms with Crippen LogP contribution in [0, 0.1) is 0 Å². The molecule has 5 heteroatoms. The molecule has 1 N–H and O–H groups in total. The number of carbonyl (C=O) groups is 2. The Morgan fingerprint density at radius 2 is 2.14 bits per heavy atom. The standard InChI is InChI=1S/C17H12N2O2S/c1-2-16(21)18-14-5-3-4-11-6-7-12(8-13(11)14)15-10-22-17(9-20)19-15/h2-10H,1H2,(H,18,21). The van der Waals surface area contributed by atoms with Gasteiger partial charge in [-0.25, -0.2) is 4.98 Å². The summed E-state index contributed by atoms with van der Waals surface area (Å²) in [5.41, 5.74) is 2.37. The van der Waals surface area contributed by atoms with E-state index in [0.29, 0.717) is 5.01 Å². The van der Waals surface area contributed by atoms with Gasteiger partial charge in [0.05, 0.1) is 5.69 Å². The van der Waals surface area contributed by atoms with E-state index in [1.54, 1.807) is 0 Å². The Bertz CT molecular complexity index is 883. The van der Waals surface area contributed by atoms with Crippen molar-refractivity contribution in [2.24, 2.45) is 0 Å². The number of aldehydes is 1. The van der Waals surface area contributed by atoms with Gasteiger partial charge in [0.1, 0.15) is 0 Å². The molecule has 1 aromatic heterocycles. The van der Waals surface area contributed by atoms with Crippen LogP contribution in [0.5, 0.6) is 0 Å². The molecule has 4 nitrogen and oxygen atoms in total. The predicted molar refractivity (Wildman–Crippen MR) is 89.3 cm³/mol. The Morgan fingerprint density at radius 3 is 2.86 bits per heavy atom. The normalized spacial score (nSPS) is 10.4. The van der Waals surface area contributed by atoms with Crippen molar-refractivity contribution < 1.29 is 9.59 Å². The number of fused-ring (bicyclic) bond motifs is 1. The molecule has 0 spiro atoms. The van der Waals surface area contributed by atoms with E-state index in [2.05, 4.69) is 16.9 Å².